The van der Waals surface area contributed by atoms with E-state index in [4.69, 9.17) is 4.84 Å². The molecule has 176 valence electrons. The molecule has 1 unspecified atom stereocenters. The highest BCUT2D eigenvalue weighted by Gasteiger charge is 2.28. The highest BCUT2D eigenvalue weighted by Crippen LogP contribution is 2.22. The third-order valence-electron chi connectivity index (χ3n) is 5.83. The minimum Gasteiger partial charge on any atom is -0.390 e. The van der Waals surface area contributed by atoms with Gasteiger partial charge < -0.3 is 15.1 Å². The number of rotatable bonds is 6. The molecule has 0 saturated heterocycles. The van der Waals surface area contributed by atoms with Gasteiger partial charge in [0.15, 0.2) is 6.10 Å². The second-order valence-electron chi connectivity index (χ2n) is 8.70. The number of halogens is 2. The van der Waals surface area contributed by atoms with E-state index in [1.165, 1.54) is 17.0 Å². The molecule has 0 spiro atoms. The van der Waals surface area contributed by atoms with Crippen LogP contribution in [0.15, 0.2) is 65.8 Å². The van der Waals surface area contributed by atoms with Crippen molar-refractivity contribution in [3.05, 3.63) is 100 Å². The number of hydrogen-bond donors (Lipinski definition) is 1. The van der Waals surface area contributed by atoms with Crippen LogP contribution in [-0.2, 0) is 11.4 Å². The quantitative estimate of drug-likeness (QED) is 0.479. The zero-order valence-corrected chi connectivity index (χ0v) is 19.4. The molecule has 4 rings (SSSR count). The van der Waals surface area contributed by atoms with Crippen LogP contribution in [0.3, 0.4) is 0 Å². The topological polar surface area (TPSA) is 53.9 Å². The maximum atomic E-state index is 14.4. The zero-order valence-electron chi connectivity index (χ0n) is 19.4. The van der Waals surface area contributed by atoms with Gasteiger partial charge in [-0.15, -0.1) is 0 Å². The molecule has 0 bridgehead atoms. The fraction of sp³-hybridized carbons (Fsp3) is 0.259. The number of carbonyl (C=O) groups is 1. The smallest absolute Gasteiger partial charge is 0.322 e. The van der Waals surface area contributed by atoms with Crippen molar-refractivity contribution in [2.24, 2.45) is 5.16 Å². The third kappa shape index (κ3) is 5.60. The summed E-state index contributed by atoms with van der Waals surface area (Å²) in [5, 5.41) is 7.12. The van der Waals surface area contributed by atoms with E-state index in [0.29, 0.717) is 12.1 Å². The molecule has 0 fully saturated rings. The first-order chi connectivity index (χ1) is 16.3. The fourth-order valence-corrected chi connectivity index (χ4v) is 3.91. The SMILES string of the molecule is Cc1ccc(C2=NOC(CN(Cc3ccc(F)cc3F)C(=O)Nc3ccc(C)cc3C)C2)cc1. The van der Waals surface area contributed by atoms with E-state index in [0.717, 1.165) is 34.0 Å². The molecule has 3 aromatic rings. The van der Waals surface area contributed by atoms with Crippen LogP contribution in [0.25, 0.3) is 0 Å². The van der Waals surface area contributed by atoms with Crippen molar-refractivity contribution in [2.45, 2.75) is 39.8 Å². The lowest BCUT2D eigenvalue weighted by Gasteiger charge is -2.26. The van der Waals surface area contributed by atoms with Crippen molar-refractivity contribution in [3.8, 4) is 0 Å². The van der Waals surface area contributed by atoms with Crippen LogP contribution in [0.5, 0.6) is 0 Å². The maximum absolute atomic E-state index is 14.4. The van der Waals surface area contributed by atoms with Gasteiger partial charge in [0.1, 0.15) is 11.6 Å². The van der Waals surface area contributed by atoms with E-state index >= 15 is 0 Å². The number of carbonyl (C=O) groups excluding carboxylic acids is 1. The average Bonchev–Trinajstić information content (AvgIpc) is 3.26. The summed E-state index contributed by atoms with van der Waals surface area (Å²) in [5.74, 6) is -1.36. The van der Waals surface area contributed by atoms with Gasteiger partial charge in [-0.2, -0.15) is 0 Å². The molecule has 34 heavy (non-hydrogen) atoms. The first-order valence-electron chi connectivity index (χ1n) is 11.2. The van der Waals surface area contributed by atoms with Gasteiger partial charge in [-0.1, -0.05) is 58.7 Å². The number of oxime groups is 1. The summed E-state index contributed by atoms with van der Waals surface area (Å²) in [7, 11) is 0. The molecule has 0 aromatic heterocycles. The molecule has 1 aliphatic rings. The Labute approximate surface area is 198 Å². The summed E-state index contributed by atoms with van der Waals surface area (Å²) in [6.45, 7) is 6.05. The van der Waals surface area contributed by atoms with E-state index < -0.39 is 17.7 Å². The van der Waals surface area contributed by atoms with Crippen molar-refractivity contribution < 1.29 is 18.4 Å². The second kappa shape index (κ2) is 10.0. The summed E-state index contributed by atoms with van der Waals surface area (Å²) in [4.78, 5) is 20.3. The Hall–Kier alpha value is -3.74. The maximum Gasteiger partial charge on any atom is 0.322 e. The van der Waals surface area contributed by atoms with Crippen LogP contribution in [0.1, 0.15) is 34.2 Å². The van der Waals surface area contributed by atoms with Gasteiger partial charge in [0.2, 0.25) is 0 Å². The number of nitrogens with one attached hydrogen (secondary N) is 1. The zero-order chi connectivity index (χ0) is 24.2. The summed E-state index contributed by atoms with van der Waals surface area (Å²) in [6.07, 6.45) is 0.132. The molecular formula is C27H27F2N3O2. The average molecular weight is 464 g/mol. The number of urea groups is 1. The highest BCUT2D eigenvalue weighted by atomic mass is 19.1. The molecule has 1 heterocycles. The van der Waals surface area contributed by atoms with Crippen molar-refractivity contribution in [1.82, 2.24) is 4.90 Å². The largest absolute Gasteiger partial charge is 0.390 e. The standard InChI is InChI=1S/C27H27F2N3O2/c1-17-4-7-20(8-5-17)26-14-23(34-31-26)16-32(15-21-9-10-22(28)13-24(21)29)27(33)30-25-11-6-18(2)12-19(25)3/h4-13,23H,14-16H2,1-3H3,(H,30,33). The Morgan fingerprint density at radius 2 is 1.76 bits per heavy atom. The molecule has 0 saturated carbocycles. The van der Waals surface area contributed by atoms with Crippen LogP contribution < -0.4 is 5.32 Å². The van der Waals surface area contributed by atoms with Crippen LogP contribution >= 0.6 is 0 Å². The van der Waals surface area contributed by atoms with E-state index in [1.54, 1.807) is 0 Å². The Bertz CT molecular complexity index is 1230. The van der Waals surface area contributed by atoms with Crippen LogP contribution in [0.2, 0.25) is 0 Å². The molecule has 2 amide bonds. The Kier molecular flexibility index (Phi) is 6.91. The lowest BCUT2D eigenvalue weighted by molar-refractivity contribution is 0.0606. The first-order valence-corrected chi connectivity index (χ1v) is 11.2. The predicted molar refractivity (Wildman–Crippen MR) is 129 cm³/mol. The van der Waals surface area contributed by atoms with Gasteiger partial charge in [-0.3, -0.25) is 0 Å². The van der Waals surface area contributed by atoms with E-state index in [-0.39, 0.29) is 24.8 Å². The van der Waals surface area contributed by atoms with Crippen molar-refractivity contribution in [3.63, 3.8) is 0 Å². The molecule has 1 N–H and O–H groups in total. The second-order valence-corrected chi connectivity index (χ2v) is 8.70. The number of amides is 2. The normalized spacial score (nSPS) is 15.0. The first kappa shape index (κ1) is 23.4. The van der Waals surface area contributed by atoms with Crippen molar-refractivity contribution in [2.75, 3.05) is 11.9 Å². The van der Waals surface area contributed by atoms with Gasteiger partial charge >= 0.3 is 6.03 Å². The monoisotopic (exact) mass is 463 g/mol. The van der Waals surface area contributed by atoms with Gasteiger partial charge in [0.05, 0.1) is 18.8 Å². The lowest BCUT2D eigenvalue weighted by Crippen LogP contribution is -2.40. The van der Waals surface area contributed by atoms with Gasteiger partial charge in [0, 0.05) is 23.7 Å². The summed E-state index contributed by atoms with van der Waals surface area (Å²) < 4.78 is 27.8. The van der Waals surface area contributed by atoms with Crippen LogP contribution in [-0.4, -0.2) is 29.3 Å². The minimum atomic E-state index is -0.701. The number of hydrogen-bond acceptors (Lipinski definition) is 3. The van der Waals surface area contributed by atoms with Gasteiger partial charge in [0.25, 0.3) is 0 Å². The lowest BCUT2D eigenvalue weighted by atomic mass is 10.0. The molecule has 7 heteroatoms. The van der Waals surface area contributed by atoms with Crippen molar-refractivity contribution in [1.29, 1.82) is 0 Å². The number of benzene rings is 3. The highest BCUT2D eigenvalue weighted by molar-refractivity contribution is 6.01. The number of aryl methyl sites for hydroxylation is 3. The number of nitrogens with zero attached hydrogens (tertiary/aromatic N) is 2. The summed E-state index contributed by atoms with van der Waals surface area (Å²) in [5.41, 5.74) is 5.80. The van der Waals surface area contributed by atoms with E-state index in [2.05, 4.69) is 10.5 Å². The van der Waals surface area contributed by atoms with E-state index in [9.17, 15) is 13.6 Å². The Morgan fingerprint density at radius 1 is 1.03 bits per heavy atom. The van der Waals surface area contributed by atoms with Crippen LogP contribution in [0, 0.1) is 32.4 Å². The third-order valence-corrected chi connectivity index (χ3v) is 5.83. The van der Waals surface area contributed by atoms with Gasteiger partial charge in [-0.25, -0.2) is 13.6 Å². The van der Waals surface area contributed by atoms with Crippen LogP contribution in [0.4, 0.5) is 19.3 Å². The Balaban J connectivity index is 1.51. The summed E-state index contributed by atoms with van der Waals surface area (Å²) >= 11 is 0. The molecule has 0 aliphatic carbocycles. The molecule has 5 nitrogen and oxygen atoms in total. The Morgan fingerprint density at radius 3 is 2.47 bits per heavy atom. The molecule has 3 aromatic carbocycles. The van der Waals surface area contributed by atoms with Crippen molar-refractivity contribution >= 4 is 17.4 Å². The molecule has 1 atom stereocenters. The molecule has 1 aliphatic heterocycles. The predicted octanol–water partition coefficient (Wildman–Crippen LogP) is 6.12. The number of anilines is 1. The molecule has 0 radical (unpaired) electrons. The van der Waals surface area contributed by atoms with Gasteiger partial charge in [-0.05, 0) is 44.0 Å². The minimum absolute atomic E-state index is 0.0391. The summed E-state index contributed by atoms with van der Waals surface area (Å²) in [6, 6.07) is 16.7. The van der Waals surface area contributed by atoms with E-state index in [1.807, 2.05) is 63.2 Å². The molecular weight excluding hydrogens is 436 g/mol. The fourth-order valence-electron chi connectivity index (χ4n) is 3.91.